The number of carbonyl (C=O) groups excluding carboxylic acids is 1. The van der Waals surface area contributed by atoms with Crippen LogP contribution in [0.2, 0.25) is 0 Å². The van der Waals surface area contributed by atoms with Gasteiger partial charge in [0.1, 0.15) is 11.4 Å². The molecule has 1 saturated carbocycles. The molecule has 2 heterocycles. The lowest BCUT2D eigenvalue weighted by Gasteiger charge is -2.49. The minimum atomic E-state index is -4.27. The van der Waals surface area contributed by atoms with E-state index in [0.29, 0.717) is 24.2 Å². The molecule has 2 fully saturated rings. The molecule has 3 atom stereocenters. The van der Waals surface area contributed by atoms with Gasteiger partial charge in [0, 0.05) is 16.5 Å². The SMILES string of the molecule is O=C1NC(=S)NC12CC1(CCCC(C(F)(F)F)C1)Oc1ccc(Br)cc12. The van der Waals surface area contributed by atoms with Crippen molar-refractivity contribution in [3.63, 3.8) is 0 Å². The van der Waals surface area contributed by atoms with Crippen molar-refractivity contribution in [1.82, 2.24) is 10.6 Å². The lowest BCUT2D eigenvalue weighted by Crippen LogP contribution is -2.58. The third kappa shape index (κ3) is 2.79. The first kappa shape index (κ1) is 18.0. The summed E-state index contributed by atoms with van der Waals surface area (Å²) in [5, 5.41) is 5.79. The zero-order valence-corrected chi connectivity index (χ0v) is 16.0. The van der Waals surface area contributed by atoms with Crippen LogP contribution in [0.25, 0.3) is 0 Å². The number of nitrogens with one attached hydrogen (secondary N) is 2. The van der Waals surface area contributed by atoms with Crippen LogP contribution in [0.15, 0.2) is 22.7 Å². The highest BCUT2D eigenvalue weighted by Crippen LogP contribution is 2.53. The van der Waals surface area contributed by atoms with Crippen LogP contribution in [0, 0.1) is 5.92 Å². The molecule has 9 heteroatoms. The topological polar surface area (TPSA) is 50.4 Å². The second-order valence-corrected chi connectivity index (χ2v) is 8.57. The van der Waals surface area contributed by atoms with E-state index in [1.54, 1.807) is 18.2 Å². The zero-order chi connectivity index (χ0) is 18.7. The van der Waals surface area contributed by atoms with Gasteiger partial charge in [-0.1, -0.05) is 15.9 Å². The van der Waals surface area contributed by atoms with Crippen LogP contribution >= 0.6 is 28.1 Å². The summed E-state index contributed by atoms with van der Waals surface area (Å²) in [5.41, 5.74) is -1.67. The highest BCUT2D eigenvalue weighted by atomic mass is 79.9. The Kier molecular flexibility index (Phi) is 4.04. The van der Waals surface area contributed by atoms with Crippen LogP contribution in [-0.4, -0.2) is 22.8 Å². The molecule has 0 bridgehead atoms. The van der Waals surface area contributed by atoms with Crippen molar-refractivity contribution >= 4 is 39.2 Å². The molecule has 4 nitrogen and oxygen atoms in total. The van der Waals surface area contributed by atoms with Gasteiger partial charge in [-0.05, 0) is 56.1 Å². The monoisotopic (exact) mass is 448 g/mol. The molecule has 0 aromatic heterocycles. The first-order valence-electron chi connectivity index (χ1n) is 8.33. The quantitative estimate of drug-likeness (QED) is 0.590. The van der Waals surface area contributed by atoms with E-state index < -0.39 is 23.2 Å². The van der Waals surface area contributed by atoms with Crippen LogP contribution < -0.4 is 15.4 Å². The molecule has 1 aromatic rings. The van der Waals surface area contributed by atoms with Gasteiger partial charge < -0.3 is 15.4 Å². The second-order valence-electron chi connectivity index (χ2n) is 7.25. The summed E-state index contributed by atoms with van der Waals surface area (Å²) >= 11 is 8.49. The van der Waals surface area contributed by atoms with E-state index in [-0.39, 0.29) is 30.3 Å². The number of halogens is 4. The number of fused-ring (bicyclic) bond motifs is 2. The molecule has 1 saturated heterocycles. The minimum Gasteiger partial charge on any atom is -0.487 e. The minimum absolute atomic E-state index is 0.0901. The fraction of sp³-hybridized carbons (Fsp3) is 0.529. The Morgan fingerprint density at radius 1 is 1.35 bits per heavy atom. The average Bonchev–Trinajstić information content (AvgIpc) is 2.82. The Bertz CT molecular complexity index is 803. The van der Waals surface area contributed by atoms with Gasteiger partial charge in [-0.3, -0.25) is 4.79 Å². The van der Waals surface area contributed by atoms with Gasteiger partial charge in [0.2, 0.25) is 0 Å². The number of ether oxygens (including phenoxy) is 1. The third-order valence-corrected chi connectivity index (χ3v) is 6.22. The van der Waals surface area contributed by atoms with Crippen molar-refractivity contribution in [3.05, 3.63) is 28.2 Å². The van der Waals surface area contributed by atoms with Crippen molar-refractivity contribution < 1.29 is 22.7 Å². The van der Waals surface area contributed by atoms with Crippen LogP contribution in [0.3, 0.4) is 0 Å². The summed E-state index contributed by atoms with van der Waals surface area (Å²) < 4.78 is 47.0. The summed E-state index contributed by atoms with van der Waals surface area (Å²) in [7, 11) is 0. The van der Waals surface area contributed by atoms with E-state index in [0.717, 1.165) is 4.47 Å². The molecule has 3 unspecified atom stereocenters. The molecule has 1 aromatic carbocycles. The number of alkyl halides is 3. The number of amides is 1. The highest BCUT2D eigenvalue weighted by Gasteiger charge is 2.59. The number of benzene rings is 1. The van der Waals surface area contributed by atoms with Crippen LogP contribution in [0.1, 0.15) is 37.7 Å². The van der Waals surface area contributed by atoms with Crippen LogP contribution in [0.4, 0.5) is 13.2 Å². The van der Waals surface area contributed by atoms with Crippen molar-refractivity contribution in [3.8, 4) is 5.75 Å². The smallest absolute Gasteiger partial charge is 0.391 e. The van der Waals surface area contributed by atoms with Gasteiger partial charge in [0.25, 0.3) is 5.91 Å². The molecule has 2 spiro atoms. The largest absolute Gasteiger partial charge is 0.487 e. The fourth-order valence-corrected chi connectivity index (χ4v) is 5.06. The lowest BCUT2D eigenvalue weighted by atomic mass is 9.68. The fourth-order valence-electron chi connectivity index (χ4n) is 4.43. The van der Waals surface area contributed by atoms with Gasteiger partial charge in [0.15, 0.2) is 10.7 Å². The van der Waals surface area contributed by atoms with Gasteiger partial charge in [0.05, 0.1) is 5.92 Å². The number of thiocarbonyl (C=S) groups is 1. The maximum Gasteiger partial charge on any atom is 0.391 e. The first-order valence-corrected chi connectivity index (χ1v) is 9.53. The maximum atomic E-state index is 13.4. The van der Waals surface area contributed by atoms with Crippen molar-refractivity contribution in [2.24, 2.45) is 5.92 Å². The molecule has 2 aliphatic heterocycles. The highest BCUT2D eigenvalue weighted by molar-refractivity contribution is 9.10. The van der Waals surface area contributed by atoms with Gasteiger partial charge in [-0.15, -0.1) is 0 Å². The van der Waals surface area contributed by atoms with Crippen molar-refractivity contribution in [1.29, 1.82) is 0 Å². The van der Waals surface area contributed by atoms with E-state index in [1.165, 1.54) is 0 Å². The standard InChI is InChI=1S/C17H16BrF3N2O2S/c18-10-3-4-12-11(6-10)16(13(24)22-14(26)23-16)8-15(25-12)5-1-2-9(7-15)17(19,20)21/h3-4,6,9H,1-2,5,7-8H2,(H2,22,23,24,26). The van der Waals surface area contributed by atoms with Gasteiger partial charge in [-0.2, -0.15) is 13.2 Å². The average molecular weight is 449 g/mol. The molecule has 1 aliphatic carbocycles. The predicted molar refractivity (Wildman–Crippen MR) is 95.7 cm³/mol. The third-order valence-electron chi connectivity index (χ3n) is 5.52. The molecule has 2 N–H and O–H groups in total. The summed E-state index contributed by atoms with van der Waals surface area (Å²) in [6.45, 7) is 0. The lowest BCUT2D eigenvalue weighted by molar-refractivity contribution is -0.201. The Morgan fingerprint density at radius 2 is 2.12 bits per heavy atom. The zero-order valence-electron chi connectivity index (χ0n) is 13.6. The van der Waals surface area contributed by atoms with E-state index >= 15 is 0 Å². The molecule has 4 rings (SSSR count). The van der Waals surface area contributed by atoms with E-state index in [9.17, 15) is 18.0 Å². The number of hydrogen-bond donors (Lipinski definition) is 2. The molecular formula is C17H16BrF3N2O2S. The summed E-state index contributed by atoms with van der Waals surface area (Å²) in [6.07, 6.45) is -3.36. The Hall–Kier alpha value is -1.35. The molecular weight excluding hydrogens is 433 g/mol. The molecule has 3 aliphatic rings. The number of hydrogen-bond acceptors (Lipinski definition) is 3. The second kappa shape index (κ2) is 5.82. The van der Waals surface area contributed by atoms with Gasteiger partial charge in [-0.25, -0.2) is 0 Å². The van der Waals surface area contributed by atoms with Crippen LogP contribution in [0.5, 0.6) is 5.75 Å². The summed E-state index contributed by atoms with van der Waals surface area (Å²) in [5.74, 6) is -1.35. The molecule has 0 radical (unpaired) electrons. The molecule has 140 valence electrons. The normalized spacial score (nSPS) is 33.6. The van der Waals surface area contributed by atoms with Gasteiger partial charge >= 0.3 is 6.18 Å². The Balaban J connectivity index is 1.80. The Labute approximate surface area is 162 Å². The molecule has 1 amide bonds. The predicted octanol–water partition coefficient (Wildman–Crippen LogP) is 3.92. The van der Waals surface area contributed by atoms with Crippen molar-refractivity contribution in [2.45, 2.75) is 49.4 Å². The van der Waals surface area contributed by atoms with E-state index in [2.05, 4.69) is 26.6 Å². The van der Waals surface area contributed by atoms with E-state index in [4.69, 9.17) is 17.0 Å². The van der Waals surface area contributed by atoms with Crippen molar-refractivity contribution in [2.75, 3.05) is 0 Å². The number of carbonyl (C=O) groups is 1. The first-order chi connectivity index (χ1) is 12.1. The van der Waals surface area contributed by atoms with E-state index in [1.807, 2.05) is 0 Å². The summed E-state index contributed by atoms with van der Waals surface area (Å²) in [4.78, 5) is 12.8. The summed E-state index contributed by atoms with van der Waals surface area (Å²) in [6, 6.07) is 5.20. The number of rotatable bonds is 0. The Morgan fingerprint density at radius 3 is 2.77 bits per heavy atom. The van der Waals surface area contributed by atoms with Crippen LogP contribution in [-0.2, 0) is 10.3 Å². The molecule has 26 heavy (non-hydrogen) atoms. The maximum absolute atomic E-state index is 13.4.